The molecule has 2 aromatic heterocycles. The smallest absolute Gasteiger partial charge is 0.254 e. The van der Waals surface area contributed by atoms with Gasteiger partial charge in [-0.15, -0.1) is 0 Å². The second kappa shape index (κ2) is 5.96. The first kappa shape index (κ1) is 15.4. The minimum atomic E-state index is -0.308. The summed E-state index contributed by atoms with van der Waals surface area (Å²) in [4.78, 5) is 15.2. The summed E-state index contributed by atoms with van der Waals surface area (Å²) in [5.74, 6) is -0.308. The van der Waals surface area contributed by atoms with Gasteiger partial charge in [0.15, 0.2) is 0 Å². The van der Waals surface area contributed by atoms with Crippen LogP contribution in [-0.2, 0) is 6.54 Å². The third kappa shape index (κ3) is 3.03. The second-order valence-corrected chi connectivity index (χ2v) is 5.90. The number of aryl methyl sites for hydroxylation is 1. The number of nitrogens with one attached hydrogen (secondary N) is 2. The molecule has 2 heterocycles. The fourth-order valence-electron chi connectivity index (χ4n) is 2.47. The van der Waals surface area contributed by atoms with Crippen molar-refractivity contribution in [2.75, 3.05) is 0 Å². The average molecular weight is 314 g/mol. The van der Waals surface area contributed by atoms with Crippen molar-refractivity contribution in [3.05, 3.63) is 57.8 Å². The van der Waals surface area contributed by atoms with E-state index in [1.807, 2.05) is 26.8 Å². The van der Waals surface area contributed by atoms with E-state index in [-0.39, 0.29) is 11.4 Å². The molecular formula is C17H19FN4O. The quantitative estimate of drug-likeness (QED) is 0.778. The largest absolute Gasteiger partial charge is 0.310 e. The van der Waals surface area contributed by atoms with Gasteiger partial charge in [0.25, 0.3) is 5.56 Å². The minimum absolute atomic E-state index is 0.145. The second-order valence-electron chi connectivity index (χ2n) is 5.90. The molecule has 0 aliphatic rings. The van der Waals surface area contributed by atoms with Crippen LogP contribution in [0.2, 0.25) is 0 Å². The minimum Gasteiger partial charge on any atom is -0.310 e. The van der Waals surface area contributed by atoms with Crippen LogP contribution in [-0.4, -0.2) is 20.8 Å². The molecule has 0 saturated carbocycles. The first-order chi connectivity index (χ1) is 11.0. The van der Waals surface area contributed by atoms with E-state index >= 15 is 0 Å². The number of H-pyrrole nitrogens is 1. The zero-order valence-corrected chi connectivity index (χ0v) is 13.4. The molecule has 0 aliphatic heterocycles. The Kier molecular flexibility index (Phi) is 4.00. The lowest BCUT2D eigenvalue weighted by Gasteiger charge is -2.08. The Bertz CT molecular complexity index is 893. The van der Waals surface area contributed by atoms with Crippen molar-refractivity contribution in [2.24, 2.45) is 0 Å². The van der Waals surface area contributed by atoms with Gasteiger partial charge in [-0.05, 0) is 37.3 Å². The molecule has 0 atom stereocenters. The van der Waals surface area contributed by atoms with Crippen LogP contribution in [0, 0.1) is 12.7 Å². The third-order valence-electron chi connectivity index (χ3n) is 3.72. The molecule has 3 rings (SSSR count). The number of fused-ring (bicyclic) bond motifs is 1. The zero-order valence-electron chi connectivity index (χ0n) is 13.4. The van der Waals surface area contributed by atoms with Crippen molar-refractivity contribution in [1.82, 2.24) is 20.1 Å². The van der Waals surface area contributed by atoms with E-state index in [9.17, 15) is 9.18 Å². The van der Waals surface area contributed by atoms with Gasteiger partial charge in [0.05, 0.1) is 11.4 Å². The van der Waals surface area contributed by atoms with Gasteiger partial charge in [-0.3, -0.25) is 4.79 Å². The van der Waals surface area contributed by atoms with Gasteiger partial charge < -0.3 is 10.3 Å². The highest BCUT2D eigenvalue weighted by Crippen LogP contribution is 2.20. The van der Waals surface area contributed by atoms with Crippen molar-refractivity contribution in [3.8, 4) is 5.69 Å². The maximum Gasteiger partial charge on any atom is 0.254 e. The molecule has 0 spiro atoms. The number of nitrogens with zero attached hydrogens (tertiary/aromatic N) is 2. The molecule has 5 nitrogen and oxygen atoms in total. The summed E-state index contributed by atoms with van der Waals surface area (Å²) >= 11 is 0. The van der Waals surface area contributed by atoms with Crippen LogP contribution >= 0.6 is 0 Å². The maximum absolute atomic E-state index is 13.1. The van der Waals surface area contributed by atoms with E-state index in [2.05, 4.69) is 15.4 Å². The fraction of sp³-hybridized carbons (Fsp3) is 0.294. The number of hydrogen-bond acceptors (Lipinski definition) is 3. The summed E-state index contributed by atoms with van der Waals surface area (Å²) in [7, 11) is 0. The maximum atomic E-state index is 13.1. The van der Waals surface area contributed by atoms with E-state index in [0.29, 0.717) is 29.5 Å². The number of hydrogen-bond donors (Lipinski definition) is 2. The van der Waals surface area contributed by atoms with E-state index in [0.717, 1.165) is 11.1 Å². The Labute approximate surface area is 133 Å². The number of rotatable bonds is 4. The predicted octanol–water partition coefficient (Wildman–Crippen LogP) is 2.66. The first-order valence-corrected chi connectivity index (χ1v) is 7.56. The number of benzene rings is 1. The zero-order chi connectivity index (χ0) is 16.6. The van der Waals surface area contributed by atoms with Crippen LogP contribution in [0.5, 0.6) is 0 Å². The molecule has 1 aromatic carbocycles. The molecule has 0 saturated heterocycles. The first-order valence-electron chi connectivity index (χ1n) is 7.56. The lowest BCUT2D eigenvalue weighted by molar-refractivity contribution is 0.586. The highest BCUT2D eigenvalue weighted by Gasteiger charge is 2.13. The predicted molar refractivity (Wildman–Crippen MR) is 88.4 cm³/mol. The normalized spacial score (nSPS) is 11.5. The molecule has 0 fully saturated rings. The Hall–Kier alpha value is -2.47. The molecular weight excluding hydrogens is 295 g/mol. The molecule has 2 N–H and O–H groups in total. The molecule has 120 valence electrons. The van der Waals surface area contributed by atoms with Gasteiger partial charge in [0.2, 0.25) is 0 Å². The number of aromatic amines is 1. The van der Waals surface area contributed by atoms with E-state index in [1.54, 1.807) is 16.8 Å². The molecule has 0 aliphatic carbocycles. The van der Waals surface area contributed by atoms with Gasteiger partial charge in [-0.2, -0.15) is 5.10 Å². The van der Waals surface area contributed by atoms with E-state index in [1.165, 1.54) is 12.1 Å². The van der Waals surface area contributed by atoms with Crippen molar-refractivity contribution < 1.29 is 4.39 Å². The lowest BCUT2D eigenvalue weighted by Crippen LogP contribution is -2.26. The highest BCUT2D eigenvalue weighted by molar-refractivity contribution is 5.80. The number of pyridine rings is 1. The third-order valence-corrected chi connectivity index (χ3v) is 3.72. The molecule has 0 radical (unpaired) electrons. The SMILES string of the molecule is Cc1nn(-c2ccc(F)cc2)c2[nH]c(=O)c(CNC(C)C)cc12. The Morgan fingerprint density at radius 1 is 1.30 bits per heavy atom. The molecule has 0 amide bonds. The summed E-state index contributed by atoms with van der Waals surface area (Å²) in [6.45, 7) is 6.46. The Morgan fingerprint density at radius 2 is 2.00 bits per heavy atom. The van der Waals surface area contributed by atoms with Gasteiger partial charge in [0.1, 0.15) is 11.5 Å². The highest BCUT2D eigenvalue weighted by atomic mass is 19.1. The summed E-state index contributed by atoms with van der Waals surface area (Å²) in [6.07, 6.45) is 0. The average Bonchev–Trinajstić information content (AvgIpc) is 2.82. The van der Waals surface area contributed by atoms with Crippen molar-refractivity contribution in [1.29, 1.82) is 0 Å². The standard InChI is InChI=1S/C17H19FN4O/c1-10(2)19-9-12-8-15-11(3)21-22(16(15)20-17(12)23)14-6-4-13(18)5-7-14/h4-8,10,19H,9H2,1-3H3,(H,20,23). The van der Waals surface area contributed by atoms with Gasteiger partial charge in [0, 0.05) is 23.5 Å². The number of halogens is 1. The van der Waals surface area contributed by atoms with Crippen molar-refractivity contribution in [2.45, 2.75) is 33.4 Å². The molecule has 0 unspecified atom stereocenters. The monoisotopic (exact) mass is 314 g/mol. The number of aromatic nitrogens is 3. The summed E-state index contributed by atoms with van der Waals surface area (Å²) in [5, 5.41) is 8.60. The fourth-order valence-corrected chi connectivity index (χ4v) is 2.47. The van der Waals surface area contributed by atoms with Gasteiger partial charge in [-0.1, -0.05) is 13.8 Å². The summed E-state index contributed by atoms with van der Waals surface area (Å²) in [6, 6.07) is 8.18. The summed E-state index contributed by atoms with van der Waals surface area (Å²) in [5.41, 5.74) is 2.66. The topological polar surface area (TPSA) is 62.7 Å². The molecule has 6 heteroatoms. The van der Waals surface area contributed by atoms with Crippen LogP contribution in [0.1, 0.15) is 25.1 Å². The van der Waals surface area contributed by atoms with Crippen LogP contribution in [0.4, 0.5) is 4.39 Å². The van der Waals surface area contributed by atoms with Gasteiger partial charge >= 0.3 is 0 Å². The molecule has 0 bridgehead atoms. The van der Waals surface area contributed by atoms with Crippen molar-refractivity contribution in [3.63, 3.8) is 0 Å². The van der Waals surface area contributed by atoms with Crippen LogP contribution in [0.15, 0.2) is 35.1 Å². The lowest BCUT2D eigenvalue weighted by atomic mass is 10.2. The van der Waals surface area contributed by atoms with Crippen LogP contribution in [0.3, 0.4) is 0 Å². The molecule has 3 aromatic rings. The van der Waals surface area contributed by atoms with E-state index < -0.39 is 0 Å². The van der Waals surface area contributed by atoms with Gasteiger partial charge in [-0.25, -0.2) is 9.07 Å². The molecule has 23 heavy (non-hydrogen) atoms. The van der Waals surface area contributed by atoms with E-state index in [4.69, 9.17) is 0 Å². The van der Waals surface area contributed by atoms with Crippen LogP contribution < -0.4 is 10.9 Å². The van der Waals surface area contributed by atoms with Crippen LogP contribution in [0.25, 0.3) is 16.7 Å². The van der Waals surface area contributed by atoms with Crippen molar-refractivity contribution >= 4 is 11.0 Å². The Balaban J connectivity index is 2.10. The Morgan fingerprint density at radius 3 is 2.65 bits per heavy atom. The summed E-state index contributed by atoms with van der Waals surface area (Å²) < 4.78 is 14.7.